The lowest BCUT2D eigenvalue weighted by molar-refractivity contribution is 0.557. The number of aromatic nitrogens is 2. The fourth-order valence-corrected chi connectivity index (χ4v) is 2.40. The molecule has 0 spiro atoms. The third kappa shape index (κ3) is 7.89. The normalized spacial score (nSPS) is 10.4. The molecule has 0 bridgehead atoms. The fraction of sp³-hybridized carbons (Fsp3) is 0.500. The molecule has 6 heteroatoms. The Morgan fingerprint density at radius 1 is 1.15 bits per heavy atom. The number of hydrogen-bond acceptors (Lipinski definition) is 4. The highest BCUT2D eigenvalue weighted by molar-refractivity contribution is 5.30. The summed E-state index contributed by atoms with van der Waals surface area (Å²) in [5, 5.41) is 19.5. The van der Waals surface area contributed by atoms with Gasteiger partial charge >= 0.3 is 0 Å². The molecule has 5 nitrogen and oxygen atoms in total. The maximum absolute atomic E-state index is 12.3. The van der Waals surface area contributed by atoms with Gasteiger partial charge in [-0.05, 0) is 39.4 Å². The van der Waals surface area contributed by atoms with Crippen LogP contribution in [0.4, 0.5) is 4.39 Å². The summed E-state index contributed by atoms with van der Waals surface area (Å²) in [5.74, 6) is -0.132. The van der Waals surface area contributed by atoms with Gasteiger partial charge in [0.1, 0.15) is 5.82 Å². The number of aryl methyl sites for hydroxylation is 1. The third-order valence-corrected chi connectivity index (χ3v) is 3.72. The van der Waals surface area contributed by atoms with Crippen molar-refractivity contribution in [3.63, 3.8) is 0 Å². The van der Waals surface area contributed by atoms with Crippen LogP contribution in [0.1, 0.15) is 43.3 Å². The second-order valence-corrected chi connectivity index (χ2v) is 6.91. The monoisotopic (exact) mass is 363 g/mol. The maximum atomic E-state index is 12.3. The summed E-state index contributed by atoms with van der Waals surface area (Å²) < 4.78 is 12.3. The van der Waals surface area contributed by atoms with Crippen molar-refractivity contribution in [2.45, 2.75) is 46.1 Å². The van der Waals surface area contributed by atoms with Crippen molar-refractivity contribution in [2.75, 3.05) is 20.6 Å². The second kappa shape index (κ2) is 12.3. The second-order valence-electron chi connectivity index (χ2n) is 6.91. The van der Waals surface area contributed by atoms with Gasteiger partial charge in [0.05, 0.1) is 5.69 Å². The van der Waals surface area contributed by atoms with Crippen LogP contribution in [0.25, 0.3) is 0 Å². The molecule has 0 radical (unpaired) electrons. The molecule has 1 heterocycles. The van der Waals surface area contributed by atoms with Crippen LogP contribution in [-0.2, 0) is 18.4 Å². The van der Waals surface area contributed by atoms with Gasteiger partial charge in [0, 0.05) is 36.2 Å². The first-order chi connectivity index (χ1) is 12.3. The van der Waals surface area contributed by atoms with E-state index >= 15 is 0 Å². The smallest absolute Gasteiger partial charge is 0.126 e. The minimum absolute atomic E-state index is 0.0978. The Hall–Kier alpha value is -2.05. The Bertz CT molecular complexity index is 610. The Labute approximate surface area is 157 Å². The molecule has 2 aromatic rings. The molecule has 26 heavy (non-hydrogen) atoms. The van der Waals surface area contributed by atoms with Gasteiger partial charge in [0.15, 0.2) is 0 Å². The summed E-state index contributed by atoms with van der Waals surface area (Å²) >= 11 is 0. The van der Waals surface area contributed by atoms with E-state index in [-0.39, 0.29) is 11.2 Å². The van der Waals surface area contributed by atoms with Crippen LogP contribution in [-0.4, -0.2) is 37.6 Å². The average molecular weight is 364 g/mol. The molecule has 0 aliphatic rings. The van der Waals surface area contributed by atoms with Crippen molar-refractivity contribution in [1.29, 1.82) is 5.41 Å². The Balaban J connectivity index is 0.000000522. The Morgan fingerprint density at radius 2 is 1.77 bits per heavy atom. The van der Waals surface area contributed by atoms with Gasteiger partial charge in [-0.3, -0.25) is 5.10 Å². The summed E-state index contributed by atoms with van der Waals surface area (Å²) in [4.78, 5) is 0. The van der Waals surface area contributed by atoms with Gasteiger partial charge in [-0.25, -0.2) is 4.39 Å². The number of nitrogens with zero attached hydrogens (tertiary/aromatic N) is 1. The molecule has 2 rings (SSSR count). The number of nitrogens with one attached hydrogen (secondary N) is 4. The van der Waals surface area contributed by atoms with Gasteiger partial charge in [-0.2, -0.15) is 5.10 Å². The van der Waals surface area contributed by atoms with Gasteiger partial charge in [0.2, 0.25) is 0 Å². The van der Waals surface area contributed by atoms with Crippen molar-refractivity contribution in [3.8, 4) is 0 Å². The summed E-state index contributed by atoms with van der Waals surface area (Å²) in [6, 6.07) is 6.70. The highest BCUT2D eigenvalue weighted by Gasteiger charge is 2.23. The summed E-state index contributed by atoms with van der Waals surface area (Å²) in [7, 11) is 3.94. The zero-order chi connectivity index (χ0) is 20.2. The number of halogens is 1. The van der Waals surface area contributed by atoms with Crippen LogP contribution >= 0.6 is 0 Å². The number of benzene rings is 1. The number of H-pyrrole nitrogens is 1. The van der Waals surface area contributed by atoms with E-state index in [1.165, 1.54) is 23.0 Å². The minimum Gasteiger partial charge on any atom is -0.319 e. The molecule has 0 fully saturated rings. The first-order valence-electron chi connectivity index (χ1n) is 8.73. The van der Waals surface area contributed by atoms with E-state index in [1.54, 1.807) is 19.1 Å². The predicted molar refractivity (Wildman–Crippen MR) is 109 cm³/mol. The highest BCUT2D eigenvalue weighted by atomic mass is 19.1. The number of likely N-dealkylation sites (N-methyl/N-ethyl adjacent to an activating group) is 1. The van der Waals surface area contributed by atoms with E-state index in [9.17, 15) is 4.39 Å². The zero-order valence-electron chi connectivity index (χ0n) is 17.0. The molecule has 0 aliphatic carbocycles. The van der Waals surface area contributed by atoms with Crippen molar-refractivity contribution in [3.05, 3.63) is 52.6 Å². The first-order valence-corrected chi connectivity index (χ1v) is 8.73. The van der Waals surface area contributed by atoms with E-state index in [0.29, 0.717) is 5.56 Å². The predicted octanol–water partition coefficient (Wildman–Crippen LogP) is 3.59. The highest BCUT2D eigenvalue weighted by Crippen LogP contribution is 2.25. The lowest BCUT2D eigenvalue weighted by Gasteiger charge is -2.18. The van der Waals surface area contributed by atoms with Crippen LogP contribution in [0.3, 0.4) is 0 Å². The standard InChI is InChI=1S/C12H24N4.C7H7F.CH3N/c1-12(2,3)11-9(8-14-5)10(15-16-11)6-7-13-4;1-6-4-2-3-5-7(6)8;1-2/h13-14H,6-8H2,1-5H3,(H,15,16);2-5H,1H3;2H,1H2. The molecule has 4 N–H and O–H groups in total. The van der Waals surface area contributed by atoms with Crippen LogP contribution < -0.4 is 10.6 Å². The van der Waals surface area contributed by atoms with Gasteiger partial charge in [-0.1, -0.05) is 39.0 Å². The lowest BCUT2D eigenvalue weighted by Crippen LogP contribution is -2.18. The van der Waals surface area contributed by atoms with E-state index < -0.39 is 0 Å². The quantitative estimate of drug-likeness (QED) is 0.613. The number of rotatable bonds is 5. The number of aromatic amines is 1. The van der Waals surface area contributed by atoms with Gasteiger partial charge < -0.3 is 16.0 Å². The summed E-state index contributed by atoms with van der Waals surface area (Å²) in [6.45, 7) is 12.7. The SMILES string of the molecule is C=N.CNCCc1[nH]nc(C(C)(C)C)c1CNC.Cc1ccccc1F. The molecule has 1 aromatic heterocycles. The molecule has 0 amide bonds. The fourth-order valence-electron chi connectivity index (χ4n) is 2.40. The largest absolute Gasteiger partial charge is 0.319 e. The minimum atomic E-state index is -0.132. The zero-order valence-corrected chi connectivity index (χ0v) is 17.0. The maximum Gasteiger partial charge on any atom is 0.126 e. The summed E-state index contributed by atoms with van der Waals surface area (Å²) in [5.41, 5.74) is 4.54. The molecule has 0 unspecified atom stereocenters. The van der Waals surface area contributed by atoms with Crippen molar-refractivity contribution in [1.82, 2.24) is 20.8 Å². The van der Waals surface area contributed by atoms with Gasteiger partial charge in [-0.15, -0.1) is 0 Å². The van der Waals surface area contributed by atoms with Crippen LogP contribution in [0, 0.1) is 18.2 Å². The number of hydrogen-bond donors (Lipinski definition) is 4. The molecular weight excluding hydrogens is 329 g/mol. The first kappa shape index (κ1) is 24.0. The summed E-state index contributed by atoms with van der Waals surface area (Å²) in [6.07, 6.45) is 0.997. The van der Waals surface area contributed by atoms with E-state index in [1.807, 2.05) is 20.2 Å². The molecule has 0 saturated carbocycles. The molecule has 146 valence electrons. The van der Waals surface area contributed by atoms with Gasteiger partial charge in [0.25, 0.3) is 0 Å². The molecule has 0 saturated heterocycles. The van der Waals surface area contributed by atoms with Crippen molar-refractivity contribution in [2.24, 2.45) is 0 Å². The Kier molecular flexibility index (Phi) is 11.4. The van der Waals surface area contributed by atoms with E-state index in [2.05, 4.69) is 48.3 Å². The molecule has 1 aromatic carbocycles. The van der Waals surface area contributed by atoms with E-state index in [4.69, 9.17) is 5.41 Å². The lowest BCUT2D eigenvalue weighted by atomic mass is 9.88. The topological polar surface area (TPSA) is 76.6 Å². The van der Waals surface area contributed by atoms with E-state index in [0.717, 1.165) is 19.5 Å². The Morgan fingerprint density at radius 3 is 2.19 bits per heavy atom. The van der Waals surface area contributed by atoms with Crippen LogP contribution in [0.5, 0.6) is 0 Å². The van der Waals surface area contributed by atoms with Crippen molar-refractivity contribution >= 4 is 6.72 Å². The van der Waals surface area contributed by atoms with Crippen molar-refractivity contribution < 1.29 is 4.39 Å². The molecule has 0 atom stereocenters. The van der Waals surface area contributed by atoms with Crippen LogP contribution in [0.2, 0.25) is 0 Å². The molecule has 0 aliphatic heterocycles. The third-order valence-electron chi connectivity index (χ3n) is 3.72. The average Bonchev–Trinajstić information content (AvgIpc) is 3.01. The molecular formula is C20H34FN5. The van der Waals surface area contributed by atoms with Crippen LogP contribution in [0.15, 0.2) is 24.3 Å².